The van der Waals surface area contributed by atoms with E-state index >= 15 is 0 Å². The van der Waals surface area contributed by atoms with Gasteiger partial charge in [-0.3, -0.25) is 4.79 Å². The lowest BCUT2D eigenvalue weighted by Crippen LogP contribution is -2.48. The molecule has 2 atom stereocenters. The number of nitrogens with two attached hydrogens (primary N) is 1. The molecule has 1 aliphatic heterocycles. The van der Waals surface area contributed by atoms with E-state index in [1.165, 1.54) is 0 Å². The van der Waals surface area contributed by atoms with Crippen molar-refractivity contribution < 1.29 is 9.53 Å². The molecular weight excluding hydrogens is 204 g/mol. The van der Waals surface area contributed by atoms with E-state index in [2.05, 4.69) is 5.92 Å². The molecule has 0 aliphatic carbocycles. The standard InChI is InChI=1S/C12H20N2O2/c1-3-5-11(13)12(15)14-7-4-6-10(8-14)9-16-2/h1,10-11H,4-9,13H2,2H3. The largest absolute Gasteiger partial charge is 0.384 e. The van der Waals surface area contributed by atoms with E-state index in [0.29, 0.717) is 18.9 Å². The average molecular weight is 224 g/mol. The maximum Gasteiger partial charge on any atom is 0.240 e. The Bertz CT molecular complexity index is 271. The minimum absolute atomic E-state index is 0.0289. The summed E-state index contributed by atoms with van der Waals surface area (Å²) in [7, 11) is 1.69. The van der Waals surface area contributed by atoms with Crippen molar-refractivity contribution in [2.75, 3.05) is 26.8 Å². The van der Waals surface area contributed by atoms with Gasteiger partial charge in [0.1, 0.15) is 0 Å². The predicted molar refractivity (Wildman–Crippen MR) is 62.6 cm³/mol. The number of nitrogens with zero attached hydrogens (tertiary/aromatic N) is 1. The number of likely N-dealkylation sites (tertiary alicyclic amines) is 1. The fraction of sp³-hybridized carbons (Fsp3) is 0.750. The van der Waals surface area contributed by atoms with Crippen molar-refractivity contribution in [2.45, 2.75) is 25.3 Å². The van der Waals surface area contributed by atoms with Gasteiger partial charge in [-0.1, -0.05) is 0 Å². The average Bonchev–Trinajstić information content (AvgIpc) is 2.29. The molecule has 1 aliphatic rings. The van der Waals surface area contributed by atoms with Crippen molar-refractivity contribution >= 4 is 5.91 Å². The molecule has 2 unspecified atom stereocenters. The molecule has 0 bridgehead atoms. The normalized spacial score (nSPS) is 22.6. The van der Waals surface area contributed by atoms with Crippen LogP contribution in [0.5, 0.6) is 0 Å². The fourth-order valence-electron chi connectivity index (χ4n) is 2.09. The minimum atomic E-state index is -0.550. The van der Waals surface area contributed by atoms with E-state index in [1.54, 1.807) is 7.11 Å². The van der Waals surface area contributed by atoms with Crippen molar-refractivity contribution in [2.24, 2.45) is 11.7 Å². The van der Waals surface area contributed by atoms with Crippen LogP contribution in [0.4, 0.5) is 0 Å². The zero-order valence-corrected chi connectivity index (χ0v) is 9.82. The smallest absolute Gasteiger partial charge is 0.240 e. The molecule has 0 aromatic heterocycles. The Morgan fingerprint density at radius 2 is 2.50 bits per heavy atom. The highest BCUT2D eigenvalue weighted by molar-refractivity contribution is 5.82. The lowest BCUT2D eigenvalue weighted by molar-refractivity contribution is -0.134. The number of hydrogen-bond donors (Lipinski definition) is 1. The van der Waals surface area contributed by atoms with Crippen molar-refractivity contribution in [3.8, 4) is 12.3 Å². The van der Waals surface area contributed by atoms with Crippen LogP contribution in [-0.2, 0) is 9.53 Å². The fourth-order valence-corrected chi connectivity index (χ4v) is 2.09. The predicted octanol–water partition coefficient (Wildman–Crippen LogP) is 0.222. The number of hydrogen-bond acceptors (Lipinski definition) is 3. The van der Waals surface area contributed by atoms with E-state index in [0.717, 1.165) is 25.9 Å². The number of amides is 1. The number of piperidine rings is 1. The summed E-state index contributed by atoms with van der Waals surface area (Å²) < 4.78 is 5.12. The van der Waals surface area contributed by atoms with Crippen LogP contribution in [0.1, 0.15) is 19.3 Å². The summed E-state index contributed by atoms with van der Waals surface area (Å²) in [6, 6.07) is -0.550. The van der Waals surface area contributed by atoms with Crippen molar-refractivity contribution in [3.63, 3.8) is 0 Å². The maximum absolute atomic E-state index is 11.9. The van der Waals surface area contributed by atoms with E-state index < -0.39 is 6.04 Å². The number of methoxy groups -OCH3 is 1. The maximum atomic E-state index is 11.9. The zero-order valence-electron chi connectivity index (χ0n) is 9.82. The Balaban J connectivity index is 2.47. The number of carbonyl (C=O) groups excluding carboxylic acids is 1. The van der Waals surface area contributed by atoms with Crippen molar-refractivity contribution in [1.82, 2.24) is 4.90 Å². The summed E-state index contributed by atoms with van der Waals surface area (Å²) in [4.78, 5) is 13.7. The Labute approximate surface area is 97.1 Å². The van der Waals surface area contributed by atoms with Crippen molar-refractivity contribution in [1.29, 1.82) is 0 Å². The Hall–Kier alpha value is -1.05. The molecular formula is C12H20N2O2. The number of terminal acetylenes is 1. The quantitative estimate of drug-likeness (QED) is 0.695. The Morgan fingerprint density at radius 3 is 3.12 bits per heavy atom. The lowest BCUT2D eigenvalue weighted by Gasteiger charge is -2.33. The van der Waals surface area contributed by atoms with Crippen LogP contribution in [-0.4, -0.2) is 43.7 Å². The topological polar surface area (TPSA) is 55.6 Å². The summed E-state index contributed by atoms with van der Waals surface area (Å²) in [6.07, 6.45) is 7.59. The summed E-state index contributed by atoms with van der Waals surface area (Å²) in [5, 5.41) is 0. The molecule has 4 heteroatoms. The van der Waals surface area contributed by atoms with Gasteiger partial charge in [-0.15, -0.1) is 12.3 Å². The molecule has 1 saturated heterocycles. The van der Waals surface area contributed by atoms with Crippen LogP contribution < -0.4 is 5.73 Å². The van der Waals surface area contributed by atoms with E-state index in [1.807, 2.05) is 4.90 Å². The molecule has 2 N–H and O–H groups in total. The van der Waals surface area contributed by atoms with Gasteiger partial charge in [-0.2, -0.15) is 0 Å². The first kappa shape index (κ1) is 13.0. The highest BCUT2D eigenvalue weighted by atomic mass is 16.5. The second-order valence-electron chi connectivity index (χ2n) is 4.26. The van der Waals surface area contributed by atoms with Crippen LogP contribution in [0.25, 0.3) is 0 Å². The van der Waals surface area contributed by atoms with Gasteiger partial charge in [-0.25, -0.2) is 0 Å². The van der Waals surface area contributed by atoms with Gasteiger partial charge >= 0.3 is 0 Å². The highest BCUT2D eigenvalue weighted by Crippen LogP contribution is 2.17. The molecule has 1 rings (SSSR count). The molecule has 1 amide bonds. The first-order valence-electron chi connectivity index (χ1n) is 5.65. The monoisotopic (exact) mass is 224 g/mol. The number of carbonyl (C=O) groups is 1. The first-order chi connectivity index (χ1) is 7.69. The summed E-state index contributed by atoms with van der Waals surface area (Å²) >= 11 is 0. The van der Waals surface area contributed by atoms with Gasteiger partial charge in [0.25, 0.3) is 0 Å². The molecule has 0 aromatic rings. The van der Waals surface area contributed by atoms with E-state index in [4.69, 9.17) is 16.9 Å². The Morgan fingerprint density at radius 1 is 1.75 bits per heavy atom. The van der Waals surface area contributed by atoms with Gasteiger partial charge in [0.05, 0.1) is 12.6 Å². The third-order valence-corrected chi connectivity index (χ3v) is 2.89. The molecule has 0 spiro atoms. The molecule has 0 saturated carbocycles. The molecule has 0 radical (unpaired) electrons. The molecule has 1 heterocycles. The molecule has 90 valence electrons. The molecule has 16 heavy (non-hydrogen) atoms. The second kappa shape index (κ2) is 6.51. The van der Waals surface area contributed by atoms with Gasteiger partial charge in [0.2, 0.25) is 5.91 Å². The third-order valence-electron chi connectivity index (χ3n) is 2.89. The minimum Gasteiger partial charge on any atom is -0.384 e. The van der Waals surface area contributed by atoms with Gasteiger partial charge in [-0.05, 0) is 18.8 Å². The first-order valence-corrected chi connectivity index (χ1v) is 5.65. The number of rotatable bonds is 4. The van der Waals surface area contributed by atoms with E-state index in [-0.39, 0.29) is 5.91 Å². The van der Waals surface area contributed by atoms with Crippen LogP contribution in [0.3, 0.4) is 0 Å². The summed E-state index contributed by atoms with van der Waals surface area (Å²) in [6.45, 7) is 2.23. The summed E-state index contributed by atoms with van der Waals surface area (Å²) in [5.41, 5.74) is 5.71. The second-order valence-corrected chi connectivity index (χ2v) is 4.26. The zero-order chi connectivity index (χ0) is 12.0. The molecule has 0 aromatic carbocycles. The van der Waals surface area contributed by atoms with Gasteiger partial charge in [0, 0.05) is 26.6 Å². The SMILES string of the molecule is C#CCC(N)C(=O)N1CCCC(COC)C1. The highest BCUT2D eigenvalue weighted by Gasteiger charge is 2.26. The Kier molecular flexibility index (Phi) is 5.30. The summed E-state index contributed by atoms with van der Waals surface area (Å²) in [5.74, 6) is 2.83. The van der Waals surface area contributed by atoms with Crippen LogP contribution >= 0.6 is 0 Å². The van der Waals surface area contributed by atoms with Crippen LogP contribution in [0.2, 0.25) is 0 Å². The number of ether oxygens (including phenoxy) is 1. The van der Waals surface area contributed by atoms with Crippen LogP contribution in [0.15, 0.2) is 0 Å². The van der Waals surface area contributed by atoms with Crippen LogP contribution in [0, 0.1) is 18.3 Å². The van der Waals surface area contributed by atoms with Crippen molar-refractivity contribution in [3.05, 3.63) is 0 Å². The third kappa shape index (κ3) is 3.51. The van der Waals surface area contributed by atoms with Gasteiger partial charge in [0.15, 0.2) is 0 Å². The molecule has 1 fully saturated rings. The molecule has 4 nitrogen and oxygen atoms in total. The van der Waals surface area contributed by atoms with E-state index in [9.17, 15) is 4.79 Å². The lowest BCUT2D eigenvalue weighted by atomic mass is 9.98. The van der Waals surface area contributed by atoms with Gasteiger partial charge < -0.3 is 15.4 Å².